The molecule has 3 aromatic heterocycles. The van der Waals surface area contributed by atoms with E-state index in [0.717, 1.165) is 22.5 Å². The third kappa shape index (κ3) is 4.52. The van der Waals surface area contributed by atoms with Crippen molar-refractivity contribution in [3.05, 3.63) is 101 Å². The lowest BCUT2D eigenvalue weighted by atomic mass is 9.97. The average molecular weight is 474 g/mol. The first-order chi connectivity index (χ1) is 16.4. The zero-order valence-electron chi connectivity index (χ0n) is 18.6. The maximum Gasteiger partial charge on any atom is 0.216 e. The number of carbonyl (C=O) groups is 1. The van der Waals surface area contributed by atoms with Gasteiger partial charge in [-0.1, -0.05) is 18.2 Å². The Labute approximate surface area is 197 Å². The van der Waals surface area contributed by atoms with Gasteiger partial charge in [-0.2, -0.15) is 5.10 Å². The van der Waals surface area contributed by atoms with Crippen LogP contribution < -0.4 is 4.72 Å². The normalized spacial score (nSPS) is 13.3. The predicted molar refractivity (Wildman–Crippen MR) is 127 cm³/mol. The Hall–Kier alpha value is -3.69. The van der Waals surface area contributed by atoms with Gasteiger partial charge in [-0.15, -0.1) is 0 Å². The second kappa shape index (κ2) is 8.92. The van der Waals surface area contributed by atoms with E-state index in [0.29, 0.717) is 35.2 Å². The van der Waals surface area contributed by atoms with Gasteiger partial charge >= 0.3 is 0 Å². The summed E-state index contributed by atoms with van der Waals surface area (Å²) in [7, 11) is -1.77. The standard InChI is InChI=1S/C25H23N5O3S/c1-30-24(9-11-28-30)19-13-22-23(27-14-19)8-7-18-6-5-17(12-21(18)25(22)31)16-34(32,33)29-15-20-4-2-3-10-26-20/h2-6,9-14,29H,7-8,15-16H2,1H3. The number of aryl methyl sites for hydroxylation is 3. The fourth-order valence-electron chi connectivity index (χ4n) is 4.18. The fraction of sp³-hybridized carbons (Fsp3) is 0.200. The summed E-state index contributed by atoms with van der Waals surface area (Å²) in [5.41, 5.74) is 5.59. The summed E-state index contributed by atoms with van der Waals surface area (Å²) in [6.07, 6.45) is 6.39. The molecule has 8 nitrogen and oxygen atoms in total. The molecule has 1 aliphatic rings. The second-order valence-corrected chi connectivity index (χ2v) is 10.1. The van der Waals surface area contributed by atoms with E-state index in [-0.39, 0.29) is 18.1 Å². The highest BCUT2D eigenvalue weighted by Crippen LogP contribution is 2.28. The largest absolute Gasteiger partial charge is 0.289 e. The summed E-state index contributed by atoms with van der Waals surface area (Å²) in [5, 5.41) is 4.20. The molecule has 172 valence electrons. The van der Waals surface area contributed by atoms with E-state index in [1.165, 1.54) is 0 Å². The molecule has 0 atom stereocenters. The van der Waals surface area contributed by atoms with Crippen LogP contribution >= 0.6 is 0 Å². The average Bonchev–Trinajstić information content (AvgIpc) is 3.22. The van der Waals surface area contributed by atoms with Crippen LogP contribution in [0.3, 0.4) is 0 Å². The monoisotopic (exact) mass is 473 g/mol. The number of benzene rings is 1. The topological polar surface area (TPSA) is 107 Å². The molecule has 0 aliphatic heterocycles. The van der Waals surface area contributed by atoms with E-state index in [1.807, 2.05) is 25.2 Å². The summed E-state index contributed by atoms with van der Waals surface area (Å²) in [4.78, 5) is 22.2. The molecular formula is C25H23N5O3S. The van der Waals surface area contributed by atoms with Gasteiger partial charge in [0, 0.05) is 42.3 Å². The van der Waals surface area contributed by atoms with E-state index in [2.05, 4.69) is 19.8 Å². The maximum atomic E-state index is 13.5. The highest BCUT2D eigenvalue weighted by atomic mass is 32.2. The third-order valence-electron chi connectivity index (χ3n) is 5.94. The Morgan fingerprint density at radius 3 is 2.65 bits per heavy atom. The quantitative estimate of drug-likeness (QED) is 0.462. The number of pyridine rings is 2. The van der Waals surface area contributed by atoms with Crippen LogP contribution in [-0.2, 0) is 42.2 Å². The number of nitrogens with zero attached hydrogens (tertiary/aromatic N) is 4. The Balaban J connectivity index is 1.41. The highest BCUT2D eigenvalue weighted by Gasteiger charge is 2.24. The molecular weight excluding hydrogens is 450 g/mol. The molecule has 5 rings (SSSR count). The summed E-state index contributed by atoms with van der Waals surface area (Å²) in [5.74, 6) is -0.361. The van der Waals surface area contributed by atoms with E-state index < -0.39 is 10.0 Å². The molecule has 0 saturated heterocycles. The number of hydrogen-bond donors (Lipinski definition) is 1. The molecule has 0 radical (unpaired) electrons. The third-order valence-corrected chi connectivity index (χ3v) is 7.24. The Bertz CT molecular complexity index is 1480. The van der Waals surface area contributed by atoms with Crippen LogP contribution in [0.15, 0.2) is 67.1 Å². The van der Waals surface area contributed by atoms with Crippen molar-refractivity contribution in [3.63, 3.8) is 0 Å². The summed E-state index contributed by atoms with van der Waals surface area (Å²) in [6, 6.07) is 14.4. The molecule has 0 unspecified atom stereocenters. The SMILES string of the molecule is Cn1nccc1-c1cnc2c(c1)C(=O)c1cc(CS(=O)(=O)NCc3ccccn3)ccc1CC2. The second-order valence-electron chi connectivity index (χ2n) is 8.28. The lowest BCUT2D eigenvalue weighted by Crippen LogP contribution is -2.25. The van der Waals surface area contributed by atoms with Crippen molar-refractivity contribution in [2.75, 3.05) is 0 Å². The molecule has 0 spiro atoms. The van der Waals surface area contributed by atoms with E-state index in [4.69, 9.17) is 0 Å². The van der Waals surface area contributed by atoms with Crippen LogP contribution in [0, 0.1) is 0 Å². The van der Waals surface area contributed by atoms with Crippen molar-refractivity contribution < 1.29 is 13.2 Å². The highest BCUT2D eigenvalue weighted by molar-refractivity contribution is 7.88. The van der Waals surface area contributed by atoms with Crippen molar-refractivity contribution in [2.45, 2.75) is 25.1 Å². The van der Waals surface area contributed by atoms with Crippen LogP contribution in [0.1, 0.15) is 38.4 Å². The van der Waals surface area contributed by atoms with Crippen LogP contribution in [0.4, 0.5) is 0 Å². The minimum atomic E-state index is -3.61. The van der Waals surface area contributed by atoms with Gasteiger partial charge < -0.3 is 0 Å². The summed E-state index contributed by atoms with van der Waals surface area (Å²) >= 11 is 0. The van der Waals surface area contributed by atoms with Gasteiger partial charge in [0.15, 0.2) is 5.78 Å². The molecule has 1 N–H and O–H groups in total. The molecule has 0 fully saturated rings. The van der Waals surface area contributed by atoms with Gasteiger partial charge in [-0.05, 0) is 54.3 Å². The molecule has 3 heterocycles. The number of nitrogens with one attached hydrogen (secondary N) is 1. The first kappa shape index (κ1) is 22.1. The fourth-order valence-corrected chi connectivity index (χ4v) is 5.27. The number of ketones is 1. The van der Waals surface area contributed by atoms with Gasteiger partial charge in [-0.25, -0.2) is 13.1 Å². The van der Waals surface area contributed by atoms with E-state index in [1.54, 1.807) is 53.6 Å². The number of carbonyl (C=O) groups excluding carboxylic acids is 1. The number of fused-ring (bicyclic) bond motifs is 2. The van der Waals surface area contributed by atoms with Crippen LogP contribution in [0.25, 0.3) is 11.3 Å². The number of aromatic nitrogens is 4. The molecule has 0 saturated carbocycles. The van der Waals surface area contributed by atoms with Crippen LogP contribution in [-0.4, -0.2) is 33.9 Å². The predicted octanol–water partition coefficient (Wildman–Crippen LogP) is 2.83. The Kier molecular flexibility index (Phi) is 5.80. The summed E-state index contributed by atoms with van der Waals surface area (Å²) < 4.78 is 29.6. The van der Waals surface area contributed by atoms with Crippen molar-refractivity contribution in [1.29, 1.82) is 0 Å². The van der Waals surface area contributed by atoms with Crippen LogP contribution in [0.5, 0.6) is 0 Å². The number of sulfonamides is 1. The Morgan fingerprint density at radius 2 is 1.88 bits per heavy atom. The Morgan fingerprint density at radius 1 is 1.00 bits per heavy atom. The lowest BCUT2D eigenvalue weighted by molar-refractivity contribution is 0.103. The molecule has 4 aromatic rings. The number of rotatable bonds is 6. The van der Waals surface area contributed by atoms with E-state index in [9.17, 15) is 13.2 Å². The van der Waals surface area contributed by atoms with Crippen LogP contribution in [0.2, 0.25) is 0 Å². The first-order valence-electron chi connectivity index (χ1n) is 10.9. The zero-order valence-corrected chi connectivity index (χ0v) is 19.4. The van der Waals surface area contributed by atoms with Gasteiger partial charge in [0.1, 0.15) is 0 Å². The molecule has 9 heteroatoms. The lowest BCUT2D eigenvalue weighted by Gasteiger charge is -2.11. The van der Waals surface area contributed by atoms with Gasteiger partial charge in [-0.3, -0.25) is 19.4 Å². The molecule has 1 aliphatic carbocycles. The number of hydrogen-bond acceptors (Lipinski definition) is 6. The minimum absolute atomic E-state index is 0.114. The molecule has 1 aromatic carbocycles. The van der Waals surface area contributed by atoms with E-state index >= 15 is 0 Å². The smallest absolute Gasteiger partial charge is 0.216 e. The van der Waals surface area contributed by atoms with Gasteiger partial charge in [0.25, 0.3) is 0 Å². The first-order valence-corrected chi connectivity index (χ1v) is 12.6. The van der Waals surface area contributed by atoms with Crippen molar-refractivity contribution >= 4 is 15.8 Å². The molecule has 0 bridgehead atoms. The van der Waals surface area contributed by atoms with Gasteiger partial charge in [0.05, 0.1) is 29.4 Å². The van der Waals surface area contributed by atoms with Crippen molar-refractivity contribution in [3.8, 4) is 11.3 Å². The minimum Gasteiger partial charge on any atom is -0.289 e. The zero-order chi connectivity index (χ0) is 23.7. The van der Waals surface area contributed by atoms with Crippen molar-refractivity contribution in [2.24, 2.45) is 7.05 Å². The summed E-state index contributed by atoms with van der Waals surface area (Å²) in [6.45, 7) is 0.114. The van der Waals surface area contributed by atoms with Gasteiger partial charge in [0.2, 0.25) is 10.0 Å². The molecule has 0 amide bonds. The molecule has 34 heavy (non-hydrogen) atoms. The maximum absolute atomic E-state index is 13.5. The van der Waals surface area contributed by atoms with Crippen molar-refractivity contribution in [1.82, 2.24) is 24.5 Å².